The molecule has 6 rings (SSSR count). The predicted octanol–water partition coefficient (Wildman–Crippen LogP) is 4.41. The summed E-state index contributed by atoms with van der Waals surface area (Å²) < 4.78 is 33.3. The van der Waals surface area contributed by atoms with Crippen molar-refractivity contribution in [2.24, 2.45) is 0 Å². The minimum absolute atomic E-state index is 0.0133. The summed E-state index contributed by atoms with van der Waals surface area (Å²) in [4.78, 5) is 26.5. The Kier molecular flexibility index (Phi) is 4.88. The van der Waals surface area contributed by atoms with Gasteiger partial charge in [0.2, 0.25) is 0 Å². The molecule has 1 amide bonds. The quantitative estimate of drug-likeness (QED) is 0.439. The molecule has 0 saturated heterocycles. The van der Waals surface area contributed by atoms with Gasteiger partial charge in [0, 0.05) is 28.6 Å². The molecule has 8 nitrogen and oxygen atoms in total. The van der Waals surface area contributed by atoms with Crippen molar-refractivity contribution in [3.8, 4) is 16.9 Å². The molecule has 0 spiro atoms. The third-order valence-corrected chi connectivity index (χ3v) is 6.80. The van der Waals surface area contributed by atoms with Gasteiger partial charge in [-0.2, -0.15) is 8.78 Å². The van der Waals surface area contributed by atoms with Gasteiger partial charge in [-0.25, -0.2) is 15.0 Å². The Hall–Kier alpha value is -3.92. The van der Waals surface area contributed by atoms with Crippen LogP contribution in [0.1, 0.15) is 65.6 Å². The number of nitrogens with one attached hydrogen (secondary N) is 1. The zero-order valence-corrected chi connectivity index (χ0v) is 19.8. The van der Waals surface area contributed by atoms with Crippen molar-refractivity contribution in [1.29, 1.82) is 0 Å². The number of rotatable bonds is 4. The molecule has 2 N–H and O–H groups in total. The number of carbonyl (C=O) groups is 1. The average Bonchev–Trinajstić information content (AvgIpc) is 3.30. The molecule has 4 heterocycles. The van der Waals surface area contributed by atoms with Crippen LogP contribution in [0.3, 0.4) is 0 Å². The molecule has 2 atom stereocenters. The number of aryl methyl sites for hydroxylation is 1. The summed E-state index contributed by atoms with van der Waals surface area (Å²) in [6.07, 6.45) is 2.17. The van der Waals surface area contributed by atoms with E-state index in [9.17, 15) is 18.7 Å². The topological polar surface area (TPSA) is 102 Å². The monoisotopic (exact) mass is 491 g/mol. The third kappa shape index (κ3) is 3.43. The molecule has 10 heteroatoms. The Balaban J connectivity index is 1.52. The number of fused-ring (bicyclic) bond motifs is 9. The lowest BCUT2D eigenvalue weighted by Crippen LogP contribution is -2.28. The molecule has 2 bridgehead atoms. The first-order valence-electron chi connectivity index (χ1n) is 11.6. The van der Waals surface area contributed by atoms with Gasteiger partial charge in [-0.1, -0.05) is 12.1 Å². The van der Waals surface area contributed by atoms with Crippen LogP contribution < -0.4 is 10.1 Å². The number of hydrogen-bond donors (Lipinski definition) is 2. The molecule has 0 saturated carbocycles. The number of ether oxygens (including phenoxy) is 1. The zero-order chi connectivity index (χ0) is 25.4. The molecule has 0 unspecified atom stereocenters. The van der Waals surface area contributed by atoms with Gasteiger partial charge < -0.3 is 19.7 Å². The molecular formula is C26H23F2N5O3. The summed E-state index contributed by atoms with van der Waals surface area (Å²) in [6.45, 7) is 2.10. The highest BCUT2D eigenvalue weighted by Gasteiger charge is 2.42. The van der Waals surface area contributed by atoms with Crippen LogP contribution in [0.4, 0.5) is 8.78 Å². The van der Waals surface area contributed by atoms with E-state index in [4.69, 9.17) is 9.72 Å². The number of aliphatic hydroxyl groups is 1. The number of aromatic nitrogens is 4. The van der Waals surface area contributed by atoms with Crippen molar-refractivity contribution in [3.05, 3.63) is 71.1 Å². The third-order valence-electron chi connectivity index (χ3n) is 6.80. The summed E-state index contributed by atoms with van der Waals surface area (Å²) >= 11 is 0. The van der Waals surface area contributed by atoms with E-state index in [-0.39, 0.29) is 17.7 Å². The Morgan fingerprint density at radius 1 is 1.19 bits per heavy atom. The molecule has 2 aromatic heterocycles. The van der Waals surface area contributed by atoms with Crippen molar-refractivity contribution in [2.75, 3.05) is 0 Å². The standard InChI is InChI=1S/C26H23F2N5O3/c1-12-15(11-29-24(30-12)26(2,3)35)13-7-8-16-18(9-13)33-19-10-17(22(33)31-16)32-23(34)14-5-4-6-20(21(14)19)36-25(27)28/h4-9,11,17,19,25,35H,10H2,1-3H3,(H,32,34)/t17-,19-/m1/s1. The van der Waals surface area contributed by atoms with Gasteiger partial charge in [0.25, 0.3) is 5.91 Å². The molecule has 2 aliphatic heterocycles. The maximum Gasteiger partial charge on any atom is 0.387 e. The van der Waals surface area contributed by atoms with Gasteiger partial charge in [-0.3, -0.25) is 4.79 Å². The number of imidazole rings is 1. The maximum atomic E-state index is 13.2. The van der Waals surface area contributed by atoms with Gasteiger partial charge in [0.1, 0.15) is 17.2 Å². The summed E-state index contributed by atoms with van der Waals surface area (Å²) in [5.74, 6) is 0.652. The second-order valence-electron chi connectivity index (χ2n) is 9.67. The fourth-order valence-corrected chi connectivity index (χ4v) is 5.22. The van der Waals surface area contributed by atoms with Crippen LogP contribution in [0, 0.1) is 6.92 Å². The Morgan fingerprint density at radius 3 is 2.72 bits per heavy atom. The van der Waals surface area contributed by atoms with Gasteiger partial charge in [0.05, 0.1) is 23.1 Å². The predicted molar refractivity (Wildman–Crippen MR) is 127 cm³/mol. The number of alkyl halides is 2. The van der Waals surface area contributed by atoms with Crippen LogP contribution in [0.2, 0.25) is 0 Å². The van der Waals surface area contributed by atoms with Gasteiger partial charge in [-0.15, -0.1) is 0 Å². The zero-order valence-electron chi connectivity index (χ0n) is 19.8. The number of amides is 1. The fraction of sp³-hybridized carbons (Fsp3) is 0.308. The van der Waals surface area contributed by atoms with Crippen molar-refractivity contribution in [3.63, 3.8) is 0 Å². The first-order valence-corrected chi connectivity index (χ1v) is 11.6. The number of hydrogen-bond acceptors (Lipinski definition) is 6. The van der Waals surface area contributed by atoms with Crippen LogP contribution in [0.5, 0.6) is 5.75 Å². The molecule has 2 aromatic carbocycles. The largest absolute Gasteiger partial charge is 0.434 e. The number of carbonyl (C=O) groups excluding carboxylic acids is 1. The van der Waals surface area contributed by atoms with E-state index in [1.807, 2.05) is 29.7 Å². The Bertz CT molecular complexity index is 1540. The van der Waals surface area contributed by atoms with E-state index in [2.05, 4.69) is 15.3 Å². The molecule has 184 valence electrons. The fourth-order valence-electron chi connectivity index (χ4n) is 5.22. The minimum Gasteiger partial charge on any atom is -0.434 e. The van der Waals surface area contributed by atoms with Crippen molar-refractivity contribution < 1.29 is 23.4 Å². The molecule has 2 aliphatic rings. The molecule has 0 radical (unpaired) electrons. The first-order chi connectivity index (χ1) is 17.1. The highest BCUT2D eigenvalue weighted by Crippen LogP contribution is 2.47. The van der Waals surface area contributed by atoms with E-state index >= 15 is 0 Å². The van der Waals surface area contributed by atoms with E-state index in [0.29, 0.717) is 34.9 Å². The highest BCUT2D eigenvalue weighted by molar-refractivity contribution is 5.98. The van der Waals surface area contributed by atoms with Gasteiger partial charge in [0.15, 0.2) is 5.82 Å². The second-order valence-corrected chi connectivity index (χ2v) is 9.67. The van der Waals surface area contributed by atoms with Crippen LogP contribution in [0.25, 0.3) is 22.2 Å². The van der Waals surface area contributed by atoms with Crippen molar-refractivity contribution in [1.82, 2.24) is 24.8 Å². The number of benzene rings is 2. The van der Waals surface area contributed by atoms with Crippen molar-refractivity contribution >= 4 is 16.9 Å². The second kappa shape index (κ2) is 7.79. The minimum atomic E-state index is -3.01. The molecule has 36 heavy (non-hydrogen) atoms. The lowest BCUT2D eigenvalue weighted by Gasteiger charge is -2.21. The van der Waals surface area contributed by atoms with E-state index in [0.717, 1.165) is 22.2 Å². The van der Waals surface area contributed by atoms with Gasteiger partial charge in [-0.05, 0) is 57.0 Å². The number of nitrogens with zero attached hydrogens (tertiary/aromatic N) is 4. The van der Waals surface area contributed by atoms with E-state index in [1.54, 1.807) is 32.2 Å². The van der Waals surface area contributed by atoms with Crippen LogP contribution >= 0.6 is 0 Å². The normalized spacial score (nSPS) is 18.7. The van der Waals surface area contributed by atoms with Gasteiger partial charge >= 0.3 is 6.61 Å². The summed E-state index contributed by atoms with van der Waals surface area (Å²) in [6, 6.07) is 9.63. The van der Waals surface area contributed by atoms with E-state index in [1.165, 1.54) is 6.07 Å². The summed E-state index contributed by atoms with van der Waals surface area (Å²) in [7, 11) is 0. The first kappa shape index (κ1) is 22.5. The molecule has 0 fully saturated rings. The Labute approximate surface area is 205 Å². The van der Waals surface area contributed by atoms with Crippen LogP contribution in [-0.4, -0.2) is 37.1 Å². The lowest BCUT2D eigenvalue weighted by molar-refractivity contribution is -0.0507. The van der Waals surface area contributed by atoms with Crippen LogP contribution in [-0.2, 0) is 5.60 Å². The SMILES string of the molecule is Cc1nc(C(C)(C)O)ncc1-c1ccc2nc3n(c2c1)[C@@H]1C[C@H]3NC(=O)c2cccc(OC(F)F)c21. The molecule has 0 aliphatic carbocycles. The van der Waals surface area contributed by atoms with Crippen molar-refractivity contribution in [2.45, 2.75) is 51.5 Å². The number of halogens is 2. The van der Waals surface area contributed by atoms with E-state index < -0.39 is 18.3 Å². The summed E-state index contributed by atoms with van der Waals surface area (Å²) in [5.41, 5.74) is 3.47. The lowest BCUT2D eigenvalue weighted by atomic mass is 9.97. The summed E-state index contributed by atoms with van der Waals surface area (Å²) in [5, 5.41) is 13.2. The average molecular weight is 491 g/mol. The molecular weight excluding hydrogens is 468 g/mol. The van der Waals surface area contributed by atoms with Crippen LogP contribution in [0.15, 0.2) is 42.6 Å². The Morgan fingerprint density at radius 2 is 2.00 bits per heavy atom. The highest BCUT2D eigenvalue weighted by atomic mass is 19.3. The molecule has 4 aromatic rings. The smallest absolute Gasteiger partial charge is 0.387 e. The maximum absolute atomic E-state index is 13.2.